The lowest BCUT2D eigenvalue weighted by atomic mass is 10.2. The van der Waals surface area contributed by atoms with Crippen LogP contribution in [0.5, 0.6) is 0 Å². The fraction of sp³-hybridized carbons (Fsp3) is 0.0769. The Morgan fingerprint density at radius 1 is 1.37 bits per heavy atom. The molecule has 3 rings (SSSR count). The van der Waals surface area contributed by atoms with E-state index in [1.807, 2.05) is 29.6 Å². The first kappa shape index (κ1) is 13.6. The largest absolute Gasteiger partial charge is 0.355 e. The standard InChI is InChI=1S/C13H11N3OS.ClH/c1-14-13(17)8-4-5-9-10(7-8)16-12(15-9)11-3-2-6-18-11;/h2-7H,1H3,(H,14,17)(H,15,16);1H. The molecule has 98 valence electrons. The molecule has 0 aliphatic heterocycles. The van der Waals surface area contributed by atoms with Crippen molar-refractivity contribution in [1.82, 2.24) is 15.3 Å². The van der Waals surface area contributed by atoms with Gasteiger partial charge in [-0.1, -0.05) is 6.07 Å². The summed E-state index contributed by atoms with van der Waals surface area (Å²) in [4.78, 5) is 20.4. The van der Waals surface area contributed by atoms with Gasteiger partial charge in [-0.15, -0.1) is 23.7 Å². The summed E-state index contributed by atoms with van der Waals surface area (Å²) in [6.45, 7) is 0. The first-order valence-corrected chi connectivity index (χ1v) is 6.41. The van der Waals surface area contributed by atoms with E-state index in [2.05, 4.69) is 15.3 Å². The number of nitrogens with one attached hydrogen (secondary N) is 2. The number of amides is 1. The fourth-order valence-corrected chi connectivity index (χ4v) is 2.49. The van der Waals surface area contributed by atoms with Crippen molar-refractivity contribution in [2.24, 2.45) is 0 Å². The van der Waals surface area contributed by atoms with E-state index in [-0.39, 0.29) is 18.3 Å². The van der Waals surface area contributed by atoms with Gasteiger partial charge in [-0.2, -0.15) is 0 Å². The quantitative estimate of drug-likeness (QED) is 0.763. The summed E-state index contributed by atoms with van der Waals surface area (Å²) >= 11 is 1.63. The maximum atomic E-state index is 11.5. The summed E-state index contributed by atoms with van der Waals surface area (Å²) in [7, 11) is 1.62. The molecule has 2 heterocycles. The number of benzene rings is 1. The number of H-pyrrole nitrogens is 1. The Hall–Kier alpha value is -1.85. The van der Waals surface area contributed by atoms with Gasteiger partial charge in [0.05, 0.1) is 15.9 Å². The Kier molecular flexibility index (Phi) is 3.87. The Bertz CT molecular complexity index is 706. The first-order chi connectivity index (χ1) is 8.78. The summed E-state index contributed by atoms with van der Waals surface area (Å²) in [5, 5.41) is 4.62. The van der Waals surface area contributed by atoms with Crippen LogP contribution >= 0.6 is 23.7 Å². The van der Waals surface area contributed by atoms with Gasteiger partial charge in [0, 0.05) is 12.6 Å². The lowest BCUT2D eigenvalue weighted by molar-refractivity contribution is 0.0963. The van der Waals surface area contributed by atoms with Crippen molar-refractivity contribution in [2.45, 2.75) is 0 Å². The van der Waals surface area contributed by atoms with Crippen molar-refractivity contribution in [1.29, 1.82) is 0 Å². The van der Waals surface area contributed by atoms with Crippen LogP contribution in [0.3, 0.4) is 0 Å². The van der Waals surface area contributed by atoms with Crippen molar-refractivity contribution in [3.63, 3.8) is 0 Å². The first-order valence-electron chi connectivity index (χ1n) is 5.53. The number of imidazole rings is 1. The predicted molar refractivity (Wildman–Crippen MR) is 80.0 cm³/mol. The normalized spacial score (nSPS) is 10.2. The van der Waals surface area contributed by atoms with Crippen molar-refractivity contribution in [2.75, 3.05) is 7.05 Å². The van der Waals surface area contributed by atoms with Gasteiger partial charge in [-0.25, -0.2) is 4.98 Å². The third-order valence-corrected chi connectivity index (χ3v) is 3.60. The van der Waals surface area contributed by atoms with Crippen LogP contribution in [0.4, 0.5) is 0 Å². The van der Waals surface area contributed by atoms with E-state index in [9.17, 15) is 4.79 Å². The van der Waals surface area contributed by atoms with E-state index < -0.39 is 0 Å². The molecule has 0 atom stereocenters. The Morgan fingerprint density at radius 3 is 2.89 bits per heavy atom. The molecule has 0 unspecified atom stereocenters. The number of hydrogen-bond acceptors (Lipinski definition) is 3. The predicted octanol–water partition coefficient (Wildman–Crippen LogP) is 3.07. The van der Waals surface area contributed by atoms with Gasteiger partial charge < -0.3 is 10.3 Å². The van der Waals surface area contributed by atoms with Crippen molar-refractivity contribution in [3.8, 4) is 10.7 Å². The summed E-state index contributed by atoms with van der Waals surface area (Å²) in [6, 6.07) is 9.46. The second-order valence-corrected chi connectivity index (χ2v) is 4.82. The maximum Gasteiger partial charge on any atom is 0.251 e. The van der Waals surface area contributed by atoms with Crippen LogP contribution in [-0.4, -0.2) is 22.9 Å². The number of rotatable bonds is 2. The van der Waals surface area contributed by atoms with Gasteiger partial charge in [-0.3, -0.25) is 4.79 Å². The van der Waals surface area contributed by atoms with Gasteiger partial charge in [0.2, 0.25) is 0 Å². The SMILES string of the molecule is CNC(=O)c1ccc2nc(-c3cccs3)[nH]c2c1.Cl. The monoisotopic (exact) mass is 293 g/mol. The van der Waals surface area contributed by atoms with Gasteiger partial charge in [0.25, 0.3) is 5.91 Å². The molecule has 1 amide bonds. The number of aromatic nitrogens is 2. The highest BCUT2D eigenvalue weighted by Gasteiger charge is 2.09. The molecule has 0 aliphatic rings. The molecule has 2 N–H and O–H groups in total. The number of nitrogens with zero attached hydrogens (tertiary/aromatic N) is 1. The van der Waals surface area contributed by atoms with E-state index >= 15 is 0 Å². The summed E-state index contributed by atoms with van der Waals surface area (Å²) in [5.74, 6) is 0.748. The van der Waals surface area contributed by atoms with Crippen molar-refractivity contribution in [3.05, 3.63) is 41.3 Å². The van der Waals surface area contributed by atoms with Crippen LogP contribution in [0.15, 0.2) is 35.7 Å². The number of carbonyl (C=O) groups excluding carboxylic acids is 1. The highest BCUT2D eigenvalue weighted by Crippen LogP contribution is 2.24. The van der Waals surface area contributed by atoms with Crippen LogP contribution < -0.4 is 5.32 Å². The smallest absolute Gasteiger partial charge is 0.251 e. The lowest BCUT2D eigenvalue weighted by Crippen LogP contribution is -2.17. The molecule has 6 heteroatoms. The van der Waals surface area contributed by atoms with Gasteiger partial charge >= 0.3 is 0 Å². The molecular formula is C13H12ClN3OS. The van der Waals surface area contributed by atoms with E-state index in [1.54, 1.807) is 24.5 Å². The molecule has 19 heavy (non-hydrogen) atoms. The van der Waals surface area contributed by atoms with E-state index in [0.29, 0.717) is 5.56 Å². The summed E-state index contributed by atoms with van der Waals surface area (Å²) in [6.07, 6.45) is 0. The Labute approximate surface area is 120 Å². The lowest BCUT2D eigenvalue weighted by Gasteiger charge is -1.98. The van der Waals surface area contributed by atoms with Crippen LogP contribution in [0, 0.1) is 0 Å². The van der Waals surface area contributed by atoms with Crippen molar-refractivity contribution < 1.29 is 4.79 Å². The molecule has 0 saturated carbocycles. The van der Waals surface area contributed by atoms with E-state index in [4.69, 9.17) is 0 Å². The van der Waals surface area contributed by atoms with Gasteiger partial charge in [0.15, 0.2) is 0 Å². The van der Waals surface area contributed by atoms with Crippen LogP contribution in [0.25, 0.3) is 21.7 Å². The maximum absolute atomic E-state index is 11.5. The summed E-state index contributed by atoms with van der Waals surface area (Å²) in [5.41, 5.74) is 2.37. The second-order valence-electron chi connectivity index (χ2n) is 3.87. The number of hydrogen-bond donors (Lipinski definition) is 2. The zero-order valence-corrected chi connectivity index (χ0v) is 11.8. The fourth-order valence-electron chi connectivity index (χ4n) is 1.83. The van der Waals surface area contributed by atoms with Crippen LogP contribution in [0.1, 0.15) is 10.4 Å². The number of carbonyl (C=O) groups is 1. The highest BCUT2D eigenvalue weighted by atomic mass is 35.5. The molecule has 0 bridgehead atoms. The number of fused-ring (bicyclic) bond motifs is 1. The van der Waals surface area contributed by atoms with Crippen molar-refractivity contribution >= 4 is 40.7 Å². The Balaban J connectivity index is 0.00000133. The van der Waals surface area contributed by atoms with Gasteiger partial charge in [0.1, 0.15) is 5.82 Å². The van der Waals surface area contributed by atoms with E-state index in [0.717, 1.165) is 21.7 Å². The topological polar surface area (TPSA) is 57.8 Å². The van der Waals surface area contributed by atoms with Crippen LogP contribution in [-0.2, 0) is 0 Å². The molecule has 4 nitrogen and oxygen atoms in total. The molecule has 0 spiro atoms. The summed E-state index contributed by atoms with van der Waals surface area (Å²) < 4.78 is 0. The molecule has 2 aromatic heterocycles. The minimum Gasteiger partial charge on any atom is -0.355 e. The minimum atomic E-state index is -0.0934. The molecule has 0 fully saturated rings. The number of aromatic amines is 1. The Morgan fingerprint density at radius 2 is 2.21 bits per heavy atom. The number of halogens is 1. The molecule has 0 aliphatic carbocycles. The van der Waals surface area contributed by atoms with E-state index in [1.165, 1.54) is 0 Å². The molecule has 1 aromatic carbocycles. The second kappa shape index (κ2) is 5.42. The highest BCUT2D eigenvalue weighted by molar-refractivity contribution is 7.13. The number of thiophene rings is 1. The molecule has 3 aromatic rings. The van der Waals surface area contributed by atoms with Crippen LogP contribution in [0.2, 0.25) is 0 Å². The van der Waals surface area contributed by atoms with Gasteiger partial charge in [-0.05, 0) is 29.6 Å². The third-order valence-electron chi connectivity index (χ3n) is 2.73. The minimum absolute atomic E-state index is 0. The molecule has 0 radical (unpaired) electrons. The average molecular weight is 294 g/mol. The zero-order chi connectivity index (χ0) is 12.5. The molecule has 0 saturated heterocycles. The molecular weight excluding hydrogens is 282 g/mol. The third kappa shape index (κ3) is 2.47. The zero-order valence-electron chi connectivity index (χ0n) is 10.1. The average Bonchev–Trinajstić information content (AvgIpc) is 3.04.